The van der Waals surface area contributed by atoms with E-state index < -0.39 is 0 Å². The van der Waals surface area contributed by atoms with Crippen molar-refractivity contribution in [1.29, 1.82) is 0 Å². The van der Waals surface area contributed by atoms with Crippen LogP contribution in [0.5, 0.6) is 5.75 Å². The van der Waals surface area contributed by atoms with E-state index in [1.54, 1.807) is 12.1 Å². The summed E-state index contributed by atoms with van der Waals surface area (Å²) in [5.41, 5.74) is 1.89. The highest BCUT2D eigenvalue weighted by molar-refractivity contribution is 6.31. The molecule has 3 unspecified atom stereocenters. The number of hydrogen-bond donors (Lipinski definition) is 2. The molecule has 1 saturated heterocycles. The molecule has 0 amide bonds. The van der Waals surface area contributed by atoms with Crippen LogP contribution in [0.15, 0.2) is 24.3 Å². The Hall–Kier alpha value is -1.32. The van der Waals surface area contributed by atoms with Gasteiger partial charge < -0.3 is 10.4 Å². The predicted octanol–water partition coefficient (Wildman–Crippen LogP) is 3.02. The first-order chi connectivity index (χ1) is 10.0. The zero-order valence-corrected chi connectivity index (χ0v) is 12.9. The standard InChI is InChI=1S/C17H20ClNO2/c1-10-6-12(15(18)9-17(10)21)8-16-14-3-2-13(20)7-11(14)4-5-19-16/h2-3,6,9,11,14,16,19,21H,4-5,7-8H2,1H3. The van der Waals surface area contributed by atoms with Crippen molar-refractivity contribution in [1.82, 2.24) is 5.32 Å². The van der Waals surface area contributed by atoms with Crippen molar-refractivity contribution in [2.24, 2.45) is 11.8 Å². The molecule has 0 aromatic heterocycles. The molecule has 4 heteroatoms. The highest BCUT2D eigenvalue weighted by Gasteiger charge is 2.34. The van der Waals surface area contributed by atoms with Crippen molar-refractivity contribution in [2.45, 2.75) is 32.2 Å². The molecule has 3 atom stereocenters. The Labute approximate surface area is 130 Å². The summed E-state index contributed by atoms with van der Waals surface area (Å²) in [4.78, 5) is 11.6. The van der Waals surface area contributed by atoms with E-state index in [1.165, 1.54) is 0 Å². The van der Waals surface area contributed by atoms with Gasteiger partial charge in [0.05, 0.1) is 0 Å². The molecule has 1 fully saturated rings. The van der Waals surface area contributed by atoms with E-state index in [1.807, 2.05) is 13.0 Å². The van der Waals surface area contributed by atoms with Crippen molar-refractivity contribution in [3.8, 4) is 5.75 Å². The van der Waals surface area contributed by atoms with Gasteiger partial charge in [-0.05, 0) is 61.4 Å². The number of phenolic OH excluding ortho intramolecular Hbond substituents is 1. The van der Waals surface area contributed by atoms with Crippen molar-refractivity contribution >= 4 is 17.4 Å². The second kappa shape index (κ2) is 5.82. The van der Waals surface area contributed by atoms with Crippen molar-refractivity contribution in [3.63, 3.8) is 0 Å². The number of aromatic hydroxyl groups is 1. The lowest BCUT2D eigenvalue weighted by molar-refractivity contribution is -0.116. The van der Waals surface area contributed by atoms with E-state index in [0.29, 0.717) is 29.3 Å². The van der Waals surface area contributed by atoms with Crippen LogP contribution in [-0.2, 0) is 11.2 Å². The summed E-state index contributed by atoms with van der Waals surface area (Å²) in [5, 5.41) is 13.9. The van der Waals surface area contributed by atoms with Crippen LogP contribution in [0.3, 0.4) is 0 Å². The minimum absolute atomic E-state index is 0.237. The molecule has 1 aromatic rings. The Bertz CT molecular complexity index is 597. The van der Waals surface area contributed by atoms with E-state index in [4.69, 9.17) is 11.6 Å². The fourth-order valence-corrected chi connectivity index (χ4v) is 3.75. The van der Waals surface area contributed by atoms with Gasteiger partial charge in [0.15, 0.2) is 5.78 Å². The Morgan fingerprint density at radius 2 is 2.24 bits per heavy atom. The molecule has 3 nitrogen and oxygen atoms in total. The van der Waals surface area contributed by atoms with Crippen LogP contribution >= 0.6 is 11.6 Å². The number of hydrogen-bond acceptors (Lipinski definition) is 3. The number of fused-ring (bicyclic) bond motifs is 1. The van der Waals surface area contributed by atoms with Gasteiger partial charge in [0.1, 0.15) is 5.75 Å². The Morgan fingerprint density at radius 1 is 1.43 bits per heavy atom. The third kappa shape index (κ3) is 2.99. The van der Waals surface area contributed by atoms with E-state index in [-0.39, 0.29) is 11.5 Å². The first-order valence-electron chi connectivity index (χ1n) is 7.47. The highest BCUT2D eigenvalue weighted by Crippen LogP contribution is 2.34. The fourth-order valence-electron chi connectivity index (χ4n) is 3.52. The average molecular weight is 306 g/mol. The smallest absolute Gasteiger partial charge is 0.155 e. The van der Waals surface area contributed by atoms with Crippen LogP contribution in [0.2, 0.25) is 5.02 Å². The number of halogens is 1. The van der Waals surface area contributed by atoms with Crippen LogP contribution in [-0.4, -0.2) is 23.5 Å². The summed E-state index contributed by atoms with van der Waals surface area (Å²) < 4.78 is 0. The van der Waals surface area contributed by atoms with Crippen molar-refractivity contribution in [3.05, 3.63) is 40.4 Å². The molecule has 2 aliphatic rings. The van der Waals surface area contributed by atoms with Gasteiger partial charge in [-0.2, -0.15) is 0 Å². The van der Waals surface area contributed by atoms with Crippen LogP contribution in [0.1, 0.15) is 24.0 Å². The monoisotopic (exact) mass is 305 g/mol. The number of piperidine rings is 1. The first-order valence-corrected chi connectivity index (χ1v) is 7.85. The van der Waals surface area contributed by atoms with Gasteiger partial charge in [-0.15, -0.1) is 0 Å². The number of benzene rings is 1. The second-order valence-corrected chi connectivity index (χ2v) is 6.56. The fraction of sp³-hybridized carbons (Fsp3) is 0.471. The molecule has 1 heterocycles. The molecule has 1 aliphatic carbocycles. The van der Waals surface area contributed by atoms with Crippen LogP contribution < -0.4 is 5.32 Å². The lowest BCUT2D eigenvalue weighted by Gasteiger charge is -2.39. The summed E-state index contributed by atoms with van der Waals surface area (Å²) in [7, 11) is 0. The number of carbonyl (C=O) groups is 1. The second-order valence-electron chi connectivity index (χ2n) is 6.15. The van der Waals surface area contributed by atoms with Gasteiger partial charge in [0.25, 0.3) is 0 Å². The number of ketones is 1. The lowest BCUT2D eigenvalue weighted by Crippen LogP contribution is -2.48. The van der Waals surface area contributed by atoms with E-state index in [0.717, 1.165) is 30.5 Å². The molecule has 21 heavy (non-hydrogen) atoms. The zero-order valence-electron chi connectivity index (χ0n) is 12.1. The van der Waals surface area contributed by atoms with E-state index in [2.05, 4.69) is 11.4 Å². The summed E-state index contributed by atoms with van der Waals surface area (Å²) in [5.74, 6) is 1.32. The summed E-state index contributed by atoms with van der Waals surface area (Å²) >= 11 is 6.26. The maximum Gasteiger partial charge on any atom is 0.155 e. The molecule has 112 valence electrons. The molecule has 0 spiro atoms. The molecule has 2 N–H and O–H groups in total. The largest absolute Gasteiger partial charge is 0.508 e. The third-order valence-corrected chi connectivity index (χ3v) is 5.05. The van der Waals surface area contributed by atoms with Crippen molar-refractivity contribution in [2.75, 3.05) is 6.54 Å². The lowest BCUT2D eigenvalue weighted by atomic mass is 9.73. The molecule has 0 bridgehead atoms. The number of nitrogens with one attached hydrogen (secondary N) is 1. The summed E-state index contributed by atoms with van der Waals surface area (Å²) in [6, 6.07) is 3.88. The minimum Gasteiger partial charge on any atom is -0.508 e. The molecule has 0 radical (unpaired) electrons. The number of aryl methyl sites for hydroxylation is 1. The normalized spacial score (nSPS) is 28.5. The molecule has 0 saturated carbocycles. The van der Waals surface area contributed by atoms with Gasteiger partial charge in [0, 0.05) is 17.5 Å². The quantitative estimate of drug-likeness (QED) is 0.883. The van der Waals surface area contributed by atoms with Gasteiger partial charge in [-0.1, -0.05) is 23.7 Å². The Morgan fingerprint density at radius 3 is 3.05 bits per heavy atom. The van der Waals surface area contributed by atoms with Gasteiger partial charge >= 0.3 is 0 Å². The van der Waals surface area contributed by atoms with Crippen LogP contribution in [0.25, 0.3) is 0 Å². The SMILES string of the molecule is Cc1cc(CC2NCCC3CC(=O)C=CC32)c(Cl)cc1O. The Balaban J connectivity index is 1.82. The summed E-state index contributed by atoms with van der Waals surface area (Å²) in [6.45, 7) is 2.83. The Kier molecular flexibility index (Phi) is 4.05. The van der Waals surface area contributed by atoms with E-state index >= 15 is 0 Å². The molecule has 1 aromatic carbocycles. The van der Waals surface area contributed by atoms with Gasteiger partial charge in [0.2, 0.25) is 0 Å². The van der Waals surface area contributed by atoms with Gasteiger partial charge in [-0.3, -0.25) is 4.79 Å². The topological polar surface area (TPSA) is 49.3 Å². The predicted molar refractivity (Wildman–Crippen MR) is 83.7 cm³/mol. The van der Waals surface area contributed by atoms with E-state index in [9.17, 15) is 9.90 Å². The zero-order chi connectivity index (χ0) is 15.0. The highest BCUT2D eigenvalue weighted by atomic mass is 35.5. The van der Waals surface area contributed by atoms with Crippen LogP contribution in [0.4, 0.5) is 0 Å². The van der Waals surface area contributed by atoms with Crippen LogP contribution in [0, 0.1) is 18.8 Å². The van der Waals surface area contributed by atoms with Gasteiger partial charge in [-0.25, -0.2) is 0 Å². The van der Waals surface area contributed by atoms with Crippen molar-refractivity contribution < 1.29 is 9.90 Å². The maximum absolute atomic E-state index is 11.6. The molecule has 1 aliphatic heterocycles. The first kappa shape index (κ1) is 14.6. The third-order valence-electron chi connectivity index (χ3n) is 4.70. The summed E-state index contributed by atoms with van der Waals surface area (Å²) in [6.07, 6.45) is 6.33. The number of rotatable bonds is 2. The minimum atomic E-state index is 0.237. The average Bonchev–Trinajstić information content (AvgIpc) is 2.44. The maximum atomic E-state index is 11.6. The number of allylic oxidation sites excluding steroid dienone is 1. The number of carbonyl (C=O) groups excluding carboxylic acids is 1. The molecular weight excluding hydrogens is 286 g/mol. The number of phenols is 1. The molecular formula is C17H20ClNO2. The molecule has 3 rings (SSSR count).